The Morgan fingerprint density at radius 3 is 2.61 bits per heavy atom. The molecule has 2 aromatic heterocycles. The first-order valence-corrected chi connectivity index (χ1v) is 8.21. The van der Waals surface area contributed by atoms with Crippen LogP contribution >= 0.6 is 11.3 Å². The molecule has 2 heterocycles. The highest BCUT2D eigenvalue weighted by Gasteiger charge is 2.22. The van der Waals surface area contributed by atoms with Crippen molar-refractivity contribution in [3.05, 3.63) is 52.9 Å². The lowest BCUT2D eigenvalue weighted by Gasteiger charge is -2.07. The number of anilines is 1. The van der Waals surface area contributed by atoms with Crippen LogP contribution in [0.25, 0.3) is 10.6 Å². The SMILES string of the molecule is Cc1noc(C(C)C)c1C(=O)Nc1ccc(-c2nccs2)cc1. The van der Waals surface area contributed by atoms with Crippen molar-refractivity contribution < 1.29 is 9.32 Å². The highest BCUT2D eigenvalue weighted by molar-refractivity contribution is 7.13. The second kappa shape index (κ2) is 6.34. The summed E-state index contributed by atoms with van der Waals surface area (Å²) in [6.45, 7) is 5.72. The van der Waals surface area contributed by atoms with Gasteiger partial charge in [0.15, 0.2) is 5.76 Å². The van der Waals surface area contributed by atoms with Crippen molar-refractivity contribution in [2.24, 2.45) is 0 Å². The summed E-state index contributed by atoms with van der Waals surface area (Å²) < 4.78 is 5.27. The van der Waals surface area contributed by atoms with Crippen LogP contribution in [0.15, 0.2) is 40.4 Å². The number of benzene rings is 1. The Hall–Kier alpha value is -2.47. The van der Waals surface area contributed by atoms with Crippen molar-refractivity contribution in [1.82, 2.24) is 10.1 Å². The Labute approximate surface area is 138 Å². The Morgan fingerprint density at radius 2 is 2.00 bits per heavy atom. The third-order valence-electron chi connectivity index (χ3n) is 3.46. The van der Waals surface area contributed by atoms with E-state index in [1.165, 1.54) is 0 Å². The van der Waals surface area contributed by atoms with Crippen molar-refractivity contribution in [3.63, 3.8) is 0 Å². The van der Waals surface area contributed by atoms with Gasteiger partial charge in [-0.2, -0.15) is 0 Å². The Bertz CT molecular complexity index is 805. The number of nitrogens with zero attached hydrogens (tertiary/aromatic N) is 2. The predicted octanol–water partition coefficient (Wildman–Crippen LogP) is 4.48. The fraction of sp³-hybridized carbons (Fsp3) is 0.235. The number of hydrogen-bond acceptors (Lipinski definition) is 5. The monoisotopic (exact) mass is 327 g/mol. The van der Waals surface area contributed by atoms with E-state index in [0.717, 1.165) is 16.3 Å². The molecule has 0 aliphatic rings. The average Bonchev–Trinajstić information content (AvgIpc) is 3.17. The molecule has 0 unspecified atom stereocenters. The molecule has 0 atom stereocenters. The van der Waals surface area contributed by atoms with Crippen molar-refractivity contribution in [2.45, 2.75) is 26.7 Å². The second-order valence-corrected chi connectivity index (χ2v) is 6.43. The van der Waals surface area contributed by atoms with Crippen LogP contribution in [0.5, 0.6) is 0 Å². The topological polar surface area (TPSA) is 68.0 Å². The summed E-state index contributed by atoms with van der Waals surface area (Å²) >= 11 is 1.58. The Kier molecular flexibility index (Phi) is 4.25. The summed E-state index contributed by atoms with van der Waals surface area (Å²) in [5.41, 5.74) is 2.88. The number of amides is 1. The highest BCUT2D eigenvalue weighted by Crippen LogP contribution is 2.25. The lowest BCUT2D eigenvalue weighted by atomic mass is 10.0. The van der Waals surface area contributed by atoms with E-state index in [9.17, 15) is 4.79 Å². The third-order valence-corrected chi connectivity index (χ3v) is 4.28. The Balaban J connectivity index is 1.80. The van der Waals surface area contributed by atoms with Gasteiger partial charge in [-0.3, -0.25) is 4.79 Å². The van der Waals surface area contributed by atoms with E-state index < -0.39 is 0 Å². The largest absolute Gasteiger partial charge is 0.360 e. The molecule has 23 heavy (non-hydrogen) atoms. The number of carbonyl (C=O) groups excluding carboxylic acids is 1. The standard InChI is InChI=1S/C17H17N3O2S/c1-10(2)15-14(11(3)20-22-15)16(21)19-13-6-4-12(5-7-13)17-18-8-9-23-17/h4-10H,1-3H3,(H,19,21). The van der Waals surface area contributed by atoms with E-state index in [2.05, 4.69) is 15.5 Å². The number of carbonyl (C=O) groups is 1. The molecule has 6 heteroatoms. The zero-order valence-corrected chi connectivity index (χ0v) is 14.0. The zero-order valence-electron chi connectivity index (χ0n) is 13.2. The molecule has 1 aromatic carbocycles. The van der Waals surface area contributed by atoms with Crippen molar-refractivity contribution in [2.75, 3.05) is 5.32 Å². The summed E-state index contributed by atoms with van der Waals surface area (Å²) in [7, 11) is 0. The van der Waals surface area contributed by atoms with Crippen LogP contribution in [0.4, 0.5) is 5.69 Å². The maximum absolute atomic E-state index is 12.5. The molecule has 3 aromatic rings. The van der Waals surface area contributed by atoms with E-state index in [4.69, 9.17) is 4.52 Å². The molecule has 1 amide bonds. The van der Waals surface area contributed by atoms with Crippen LogP contribution in [0.2, 0.25) is 0 Å². The summed E-state index contributed by atoms with van der Waals surface area (Å²) in [4.78, 5) is 16.8. The van der Waals surface area contributed by atoms with Crippen LogP contribution in [-0.4, -0.2) is 16.0 Å². The van der Waals surface area contributed by atoms with Gasteiger partial charge in [0, 0.05) is 28.7 Å². The first-order valence-electron chi connectivity index (χ1n) is 7.33. The highest BCUT2D eigenvalue weighted by atomic mass is 32.1. The molecule has 0 fully saturated rings. The van der Waals surface area contributed by atoms with Crippen molar-refractivity contribution >= 4 is 22.9 Å². The van der Waals surface area contributed by atoms with Gasteiger partial charge in [-0.05, 0) is 31.2 Å². The van der Waals surface area contributed by atoms with Gasteiger partial charge in [-0.25, -0.2) is 4.98 Å². The molecule has 5 nitrogen and oxygen atoms in total. The van der Waals surface area contributed by atoms with E-state index in [-0.39, 0.29) is 11.8 Å². The molecule has 3 rings (SSSR count). The zero-order chi connectivity index (χ0) is 16.4. The quantitative estimate of drug-likeness (QED) is 0.767. The van der Waals surface area contributed by atoms with Crippen molar-refractivity contribution in [1.29, 1.82) is 0 Å². The number of thiazole rings is 1. The minimum Gasteiger partial charge on any atom is -0.360 e. The maximum Gasteiger partial charge on any atom is 0.261 e. The van der Waals surface area contributed by atoms with Gasteiger partial charge in [0.1, 0.15) is 10.6 Å². The van der Waals surface area contributed by atoms with Crippen LogP contribution in [0, 0.1) is 6.92 Å². The maximum atomic E-state index is 12.5. The lowest BCUT2D eigenvalue weighted by molar-refractivity contribution is 0.102. The number of aromatic nitrogens is 2. The fourth-order valence-electron chi connectivity index (χ4n) is 2.31. The minimum absolute atomic E-state index is 0.101. The molecule has 0 bridgehead atoms. The van der Waals surface area contributed by atoms with Gasteiger partial charge < -0.3 is 9.84 Å². The third kappa shape index (κ3) is 3.17. The van der Waals surface area contributed by atoms with E-state index >= 15 is 0 Å². The molecule has 118 valence electrons. The molecule has 0 saturated carbocycles. The van der Waals surface area contributed by atoms with Gasteiger partial charge in [-0.1, -0.05) is 19.0 Å². The predicted molar refractivity (Wildman–Crippen MR) is 90.8 cm³/mol. The minimum atomic E-state index is -0.200. The fourth-order valence-corrected chi connectivity index (χ4v) is 2.96. The van der Waals surface area contributed by atoms with Gasteiger partial charge >= 0.3 is 0 Å². The van der Waals surface area contributed by atoms with Gasteiger partial charge in [0.2, 0.25) is 0 Å². The van der Waals surface area contributed by atoms with Gasteiger partial charge in [-0.15, -0.1) is 11.3 Å². The van der Waals surface area contributed by atoms with E-state index in [0.29, 0.717) is 17.0 Å². The number of hydrogen-bond donors (Lipinski definition) is 1. The van der Waals surface area contributed by atoms with Gasteiger partial charge in [0.25, 0.3) is 5.91 Å². The molecule has 0 spiro atoms. The number of rotatable bonds is 4. The number of aryl methyl sites for hydroxylation is 1. The molecule has 0 aliphatic heterocycles. The molecule has 1 N–H and O–H groups in total. The van der Waals surface area contributed by atoms with Crippen LogP contribution in [0.3, 0.4) is 0 Å². The molecule has 0 radical (unpaired) electrons. The summed E-state index contributed by atoms with van der Waals surface area (Å²) in [5.74, 6) is 0.512. The molecule has 0 saturated heterocycles. The smallest absolute Gasteiger partial charge is 0.261 e. The van der Waals surface area contributed by atoms with Crippen molar-refractivity contribution in [3.8, 4) is 10.6 Å². The normalized spacial score (nSPS) is 11.0. The van der Waals surface area contributed by atoms with Crippen LogP contribution in [-0.2, 0) is 0 Å². The lowest BCUT2D eigenvalue weighted by Crippen LogP contribution is -2.14. The average molecular weight is 327 g/mol. The van der Waals surface area contributed by atoms with E-state index in [1.54, 1.807) is 24.5 Å². The molecular formula is C17H17N3O2S. The Morgan fingerprint density at radius 1 is 1.26 bits per heavy atom. The second-order valence-electron chi connectivity index (χ2n) is 5.53. The molecular weight excluding hydrogens is 310 g/mol. The molecule has 0 aliphatic carbocycles. The number of nitrogens with one attached hydrogen (secondary N) is 1. The van der Waals surface area contributed by atoms with Crippen LogP contribution < -0.4 is 5.32 Å². The first-order chi connectivity index (χ1) is 11.1. The van der Waals surface area contributed by atoms with E-state index in [1.807, 2.05) is 43.5 Å². The summed E-state index contributed by atoms with van der Waals surface area (Å²) in [6.07, 6.45) is 1.78. The summed E-state index contributed by atoms with van der Waals surface area (Å²) in [6, 6.07) is 7.62. The first kappa shape index (κ1) is 15.4. The van der Waals surface area contributed by atoms with Crippen LogP contribution in [0.1, 0.15) is 41.6 Å². The van der Waals surface area contributed by atoms with Gasteiger partial charge in [0.05, 0.1) is 5.69 Å². The summed E-state index contributed by atoms with van der Waals surface area (Å²) in [5, 5.41) is 9.70.